The van der Waals surface area contributed by atoms with Crippen molar-refractivity contribution in [1.82, 2.24) is 10.2 Å². The van der Waals surface area contributed by atoms with Crippen LogP contribution in [-0.4, -0.2) is 30.4 Å². The van der Waals surface area contributed by atoms with Gasteiger partial charge in [-0.3, -0.25) is 4.79 Å². The van der Waals surface area contributed by atoms with E-state index in [0.29, 0.717) is 22.3 Å². The van der Waals surface area contributed by atoms with E-state index in [4.69, 9.17) is 23.2 Å². The first-order chi connectivity index (χ1) is 11.5. The molecule has 0 atom stereocenters. The molecule has 0 saturated heterocycles. The number of carbonyl (C=O) groups excluding carboxylic acids is 2. The van der Waals surface area contributed by atoms with E-state index in [1.807, 2.05) is 18.2 Å². The number of carbonyl (C=O) groups is 2. The van der Waals surface area contributed by atoms with Gasteiger partial charge in [0.2, 0.25) is 5.91 Å². The smallest absolute Gasteiger partial charge is 0.319 e. The van der Waals surface area contributed by atoms with Gasteiger partial charge in [-0.25, -0.2) is 4.79 Å². The highest BCUT2D eigenvalue weighted by molar-refractivity contribution is 6.35. The summed E-state index contributed by atoms with van der Waals surface area (Å²) in [4.78, 5) is 25.3. The fraction of sp³-hybridized carbons (Fsp3) is 0.176. The van der Waals surface area contributed by atoms with Crippen LogP contribution in [0.2, 0.25) is 10.0 Å². The topological polar surface area (TPSA) is 61.4 Å². The Kier molecular flexibility index (Phi) is 6.46. The van der Waals surface area contributed by atoms with Crippen molar-refractivity contribution in [3.63, 3.8) is 0 Å². The minimum atomic E-state index is -0.438. The van der Waals surface area contributed by atoms with Gasteiger partial charge in [0.15, 0.2) is 0 Å². The third-order valence-corrected chi connectivity index (χ3v) is 3.87. The maximum atomic E-state index is 12.1. The Morgan fingerprint density at radius 3 is 2.46 bits per heavy atom. The number of anilines is 1. The highest BCUT2D eigenvalue weighted by Gasteiger charge is 2.12. The molecular formula is C17H17Cl2N3O2. The van der Waals surface area contributed by atoms with Crippen LogP contribution in [0.25, 0.3) is 0 Å². The second kappa shape index (κ2) is 8.57. The molecule has 0 aliphatic rings. The average Bonchev–Trinajstić information content (AvgIpc) is 2.56. The van der Waals surface area contributed by atoms with Crippen LogP contribution >= 0.6 is 23.2 Å². The van der Waals surface area contributed by atoms with Gasteiger partial charge >= 0.3 is 6.03 Å². The second-order valence-electron chi connectivity index (χ2n) is 5.16. The number of para-hydroxylation sites is 1. The van der Waals surface area contributed by atoms with E-state index in [-0.39, 0.29) is 12.5 Å². The molecule has 0 radical (unpaired) electrons. The Hall–Kier alpha value is -2.24. The molecule has 0 fully saturated rings. The molecule has 0 aliphatic carbocycles. The molecule has 126 valence electrons. The number of likely N-dealkylation sites (N-methyl/N-ethyl adjacent to an activating group) is 1. The highest BCUT2D eigenvalue weighted by Crippen LogP contribution is 2.21. The zero-order valence-corrected chi connectivity index (χ0v) is 14.6. The third-order valence-electron chi connectivity index (χ3n) is 3.28. The van der Waals surface area contributed by atoms with E-state index in [0.717, 1.165) is 5.56 Å². The molecule has 3 amide bonds. The fourth-order valence-electron chi connectivity index (χ4n) is 1.98. The predicted molar refractivity (Wildman–Crippen MR) is 96.4 cm³/mol. The molecule has 0 spiro atoms. The first-order valence-electron chi connectivity index (χ1n) is 7.23. The molecule has 5 nitrogen and oxygen atoms in total. The Bertz CT molecular complexity index is 723. The van der Waals surface area contributed by atoms with Gasteiger partial charge in [0.1, 0.15) is 0 Å². The Morgan fingerprint density at radius 2 is 1.79 bits per heavy atom. The van der Waals surface area contributed by atoms with E-state index in [2.05, 4.69) is 10.6 Å². The summed E-state index contributed by atoms with van der Waals surface area (Å²) in [5, 5.41) is 6.21. The number of hydrogen-bond acceptors (Lipinski definition) is 2. The molecule has 7 heteroatoms. The van der Waals surface area contributed by atoms with Gasteiger partial charge in [-0.05, 0) is 29.8 Å². The van der Waals surface area contributed by atoms with Crippen molar-refractivity contribution >= 4 is 40.8 Å². The maximum absolute atomic E-state index is 12.1. The summed E-state index contributed by atoms with van der Waals surface area (Å²) >= 11 is 11.9. The van der Waals surface area contributed by atoms with Crippen LogP contribution in [0.4, 0.5) is 10.5 Å². The van der Waals surface area contributed by atoms with Gasteiger partial charge in [-0.2, -0.15) is 0 Å². The normalized spacial score (nSPS) is 10.1. The van der Waals surface area contributed by atoms with Gasteiger partial charge in [-0.15, -0.1) is 0 Å². The first kappa shape index (κ1) is 18.1. The number of halogens is 2. The minimum absolute atomic E-state index is 0.111. The molecule has 0 saturated carbocycles. The number of amides is 3. The molecule has 0 aliphatic heterocycles. The summed E-state index contributed by atoms with van der Waals surface area (Å²) in [5.41, 5.74) is 1.44. The Labute approximate surface area is 150 Å². The number of nitrogens with zero attached hydrogens (tertiary/aromatic N) is 1. The zero-order valence-electron chi connectivity index (χ0n) is 13.1. The number of nitrogens with one attached hydrogen (secondary N) is 2. The van der Waals surface area contributed by atoms with E-state index in [1.165, 1.54) is 4.90 Å². The second-order valence-corrected chi connectivity index (χ2v) is 6.00. The van der Waals surface area contributed by atoms with Crippen molar-refractivity contribution in [2.45, 2.75) is 6.54 Å². The standard InChI is InChI=1S/C17H17Cl2N3O2/c1-22(11-12-7-8-13(18)9-15(12)19)16(23)10-20-17(24)21-14-5-3-2-4-6-14/h2-9H,10-11H2,1H3,(H2,20,21,24). The molecule has 0 aromatic heterocycles. The quantitative estimate of drug-likeness (QED) is 0.846. The lowest BCUT2D eigenvalue weighted by Gasteiger charge is -2.18. The summed E-state index contributed by atoms with van der Waals surface area (Å²) in [6, 6.07) is 13.7. The minimum Gasteiger partial charge on any atom is -0.340 e. The van der Waals surface area contributed by atoms with Crippen molar-refractivity contribution in [2.24, 2.45) is 0 Å². The van der Waals surface area contributed by atoms with Gasteiger partial charge in [0.25, 0.3) is 0 Å². The van der Waals surface area contributed by atoms with Gasteiger partial charge in [-0.1, -0.05) is 47.5 Å². The number of hydrogen-bond donors (Lipinski definition) is 2. The molecule has 24 heavy (non-hydrogen) atoms. The monoisotopic (exact) mass is 365 g/mol. The van der Waals surface area contributed by atoms with Crippen molar-refractivity contribution in [3.8, 4) is 0 Å². The lowest BCUT2D eigenvalue weighted by Crippen LogP contribution is -2.39. The molecule has 0 unspecified atom stereocenters. The highest BCUT2D eigenvalue weighted by atomic mass is 35.5. The van der Waals surface area contributed by atoms with Crippen LogP contribution in [0, 0.1) is 0 Å². The maximum Gasteiger partial charge on any atom is 0.319 e. The lowest BCUT2D eigenvalue weighted by molar-refractivity contribution is -0.129. The average molecular weight is 366 g/mol. The largest absolute Gasteiger partial charge is 0.340 e. The number of urea groups is 1. The summed E-state index contributed by atoms with van der Waals surface area (Å²) in [6.07, 6.45) is 0. The number of benzene rings is 2. The van der Waals surface area contributed by atoms with Crippen LogP contribution in [0.3, 0.4) is 0 Å². The van der Waals surface area contributed by atoms with Crippen LogP contribution < -0.4 is 10.6 Å². The van der Waals surface area contributed by atoms with Crippen molar-refractivity contribution < 1.29 is 9.59 Å². The predicted octanol–water partition coefficient (Wildman–Crippen LogP) is 3.77. The van der Waals surface area contributed by atoms with Crippen LogP contribution in [0.5, 0.6) is 0 Å². The van der Waals surface area contributed by atoms with Gasteiger partial charge in [0, 0.05) is 29.3 Å². The van der Waals surface area contributed by atoms with Crippen LogP contribution in [-0.2, 0) is 11.3 Å². The summed E-state index contributed by atoms with van der Waals surface area (Å²) in [6.45, 7) is 0.219. The molecule has 0 bridgehead atoms. The molecule has 0 heterocycles. The summed E-state index contributed by atoms with van der Waals surface area (Å²) < 4.78 is 0. The van der Waals surface area contributed by atoms with Gasteiger partial charge in [0.05, 0.1) is 6.54 Å². The molecule has 2 N–H and O–H groups in total. The first-order valence-corrected chi connectivity index (χ1v) is 7.99. The number of rotatable bonds is 5. The van der Waals surface area contributed by atoms with Crippen LogP contribution in [0.15, 0.2) is 48.5 Å². The molecule has 2 rings (SSSR count). The van der Waals surface area contributed by atoms with Crippen molar-refractivity contribution in [2.75, 3.05) is 18.9 Å². The Balaban J connectivity index is 1.82. The molecule has 2 aromatic carbocycles. The third kappa shape index (κ3) is 5.44. The zero-order chi connectivity index (χ0) is 17.5. The summed E-state index contributed by atoms with van der Waals surface area (Å²) in [7, 11) is 1.64. The van der Waals surface area contributed by atoms with Crippen molar-refractivity contribution in [1.29, 1.82) is 0 Å². The fourth-order valence-corrected chi connectivity index (χ4v) is 2.45. The summed E-state index contributed by atoms with van der Waals surface area (Å²) in [5.74, 6) is -0.232. The SMILES string of the molecule is CN(Cc1ccc(Cl)cc1Cl)C(=O)CNC(=O)Nc1ccccc1. The van der Waals surface area contributed by atoms with Crippen LogP contribution in [0.1, 0.15) is 5.56 Å². The van der Waals surface area contributed by atoms with E-state index in [1.54, 1.807) is 37.4 Å². The van der Waals surface area contributed by atoms with E-state index >= 15 is 0 Å². The van der Waals surface area contributed by atoms with Gasteiger partial charge < -0.3 is 15.5 Å². The Morgan fingerprint density at radius 1 is 1.08 bits per heavy atom. The van der Waals surface area contributed by atoms with Crippen molar-refractivity contribution in [3.05, 3.63) is 64.1 Å². The lowest BCUT2D eigenvalue weighted by atomic mass is 10.2. The van der Waals surface area contributed by atoms with E-state index < -0.39 is 6.03 Å². The molecular weight excluding hydrogens is 349 g/mol. The molecule has 2 aromatic rings. The van der Waals surface area contributed by atoms with E-state index in [9.17, 15) is 9.59 Å².